The summed E-state index contributed by atoms with van der Waals surface area (Å²) in [6.07, 6.45) is 47.8. The smallest absolute Gasteiger partial charge is 0.180 e. The first-order valence-electron chi connectivity index (χ1n) is 36.2. The lowest BCUT2D eigenvalue weighted by Crippen LogP contribution is -2.41. The van der Waals surface area contributed by atoms with Crippen LogP contribution in [0.2, 0.25) is 0 Å². The van der Waals surface area contributed by atoms with Gasteiger partial charge in [0.1, 0.15) is 17.5 Å². The number of nitrogens with two attached hydrogens (primary N) is 3. The summed E-state index contributed by atoms with van der Waals surface area (Å²) in [5.74, 6) is 5.57. The third-order valence-electron chi connectivity index (χ3n) is 19.5. The van der Waals surface area contributed by atoms with Gasteiger partial charge in [0.05, 0.1) is 108 Å². The number of hydrogen-bond donors (Lipinski definition) is 9. The molecule has 3 aliphatic rings. The number of rotatable bonds is 18. The van der Waals surface area contributed by atoms with Gasteiger partial charge in [-0.3, -0.25) is 36.3 Å². The van der Waals surface area contributed by atoms with E-state index in [1.54, 1.807) is 49.7 Å². The summed E-state index contributed by atoms with van der Waals surface area (Å²) in [5, 5.41) is 37.0. The van der Waals surface area contributed by atoms with E-state index in [2.05, 4.69) is 135 Å². The van der Waals surface area contributed by atoms with E-state index in [0.717, 1.165) is 172 Å². The quantitative estimate of drug-likeness (QED) is 0.0365. The van der Waals surface area contributed by atoms with Crippen LogP contribution in [0.15, 0.2) is 197 Å². The first-order chi connectivity index (χ1) is 53.8. The summed E-state index contributed by atoms with van der Waals surface area (Å²) in [4.78, 5) is 54.2. The van der Waals surface area contributed by atoms with Crippen LogP contribution >= 0.6 is 0 Å². The molecule has 2 fully saturated rings. The highest BCUT2D eigenvalue weighted by atomic mass is 15.3. The Morgan fingerprint density at radius 3 is 1.24 bits per heavy atom. The van der Waals surface area contributed by atoms with Crippen LogP contribution in [-0.4, -0.2) is 176 Å². The summed E-state index contributed by atoms with van der Waals surface area (Å²) in [6, 6.07) is 19.2. The predicted octanol–water partition coefficient (Wildman–Crippen LogP) is 8.19. The SMILES string of the molecule is CNC1CCN(c2ccc(Nc3nccn4c(-c5cnn(C)c5)cnc34)cn2)CC1.Cn1cc(-c2cnc3c(NC4Cc5ccc(N)cc5C4)nccn23)cn1.Cn1cc(-c2cnc3c(Nc4ccc(N5CC[C@H](N)C5)nc4)nccn23)cn1.Cn1cc(-c2cnc3c(Nc4ccc(NCCN)nc4)nccn23)cn1. The van der Waals surface area contributed by atoms with E-state index in [4.69, 9.17) is 17.2 Å². The molecule has 2 aliphatic heterocycles. The Hall–Kier alpha value is -13.7. The Kier molecular flexibility index (Phi) is 20.1. The Labute approximate surface area is 631 Å². The van der Waals surface area contributed by atoms with Crippen LogP contribution < -0.4 is 58.9 Å². The van der Waals surface area contributed by atoms with Crippen molar-refractivity contribution in [2.45, 2.75) is 50.2 Å². The van der Waals surface area contributed by atoms with Gasteiger partial charge in [0.2, 0.25) is 0 Å². The van der Waals surface area contributed by atoms with Gasteiger partial charge in [0, 0.05) is 188 Å². The summed E-state index contributed by atoms with van der Waals surface area (Å²) in [5.41, 5.74) is 34.4. The molecule has 16 aromatic rings. The lowest BCUT2D eigenvalue weighted by Gasteiger charge is -2.32. The van der Waals surface area contributed by atoms with Crippen molar-refractivity contribution in [1.29, 1.82) is 0 Å². The highest BCUT2D eigenvalue weighted by Crippen LogP contribution is 2.33. The van der Waals surface area contributed by atoms with Crippen molar-refractivity contribution in [3.8, 4) is 45.0 Å². The molecule has 19 rings (SSSR count). The highest BCUT2D eigenvalue weighted by molar-refractivity contribution is 5.77. The van der Waals surface area contributed by atoms with Crippen molar-refractivity contribution in [2.24, 2.45) is 39.7 Å². The number of nitrogen functional groups attached to an aromatic ring is 1. The molecule has 110 heavy (non-hydrogen) atoms. The average Bonchev–Trinajstić information content (AvgIpc) is 1.64. The van der Waals surface area contributed by atoms with Crippen LogP contribution in [0.3, 0.4) is 0 Å². The normalized spacial score (nSPS) is 14.8. The van der Waals surface area contributed by atoms with Crippen LogP contribution in [0, 0.1) is 0 Å². The Bertz CT molecular complexity index is 5790. The largest absolute Gasteiger partial charge is 0.399 e. The number of benzene rings is 1. The van der Waals surface area contributed by atoms with Crippen LogP contribution in [0.25, 0.3) is 67.6 Å². The number of pyridine rings is 3. The second kappa shape index (κ2) is 31.4. The predicted molar refractivity (Wildman–Crippen MR) is 426 cm³/mol. The summed E-state index contributed by atoms with van der Waals surface area (Å²) in [7, 11) is 9.63. The zero-order valence-corrected chi connectivity index (χ0v) is 61.4. The number of imidazole rings is 4. The van der Waals surface area contributed by atoms with Gasteiger partial charge in [0.25, 0.3) is 0 Å². The molecule has 34 heteroatoms. The standard InChI is InChI=1S/C21H25N9.C19H21N9.C19H19N7.C17H19N9/c1-22-16-5-8-29(9-6-16)19-4-3-17(12-24-19)27-20-21-25-13-18(30(21)10-7-23-20)15-11-26-28(2)14-15;1-26-11-13(8-24-26)16-10-23-19-18(21-5-7-28(16)19)25-15-2-3-17(22-9-15)27-6-4-14(20)12-27;1-25-11-14(9-23-25)17-10-22-19-18(21-4-5-26(17)19)24-16-7-12-2-3-15(20)6-13(12)8-16;1-25-11-12(8-23-25)14-10-22-17-16(20-6-7-26(14)17)24-13-2-3-15(21-9-13)19-5-4-18/h3-4,7,10-14,16,22H,5-6,8-9H2,1-2H3,(H,23,27);2-3,5,7-11,14H,4,6,12,20H2,1H3,(H,21,25);2-6,9-11,16H,7-8,20H2,1H3,(H,21,24);2-3,6-11H,4-5,18H2,1H3,(H,19,21)(H,20,24)/t;14-;;/m.0../s1. The van der Waals surface area contributed by atoms with E-state index in [9.17, 15) is 0 Å². The molecule has 0 radical (unpaired) electrons. The third-order valence-corrected chi connectivity index (χ3v) is 19.5. The number of fused-ring (bicyclic) bond motifs is 5. The van der Waals surface area contributed by atoms with E-state index in [-0.39, 0.29) is 6.04 Å². The molecule has 34 nitrogen and oxygen atoms in total. The maximum Gasteiger partial charge on any atom is 0.180 e. The lowest BCUT2D eigenvalue weighted by molar-refractivity contribution is 0.441. The minimum atomic E-state index is 0.232. The highest BCUT2D eigenvalue weighted by Gasteiger charge is 2.25. The molecule has 2 saturated heterocycles. The molecular weight excluding hydrogens is 1390 g/mol. The minimum absolute atomic E-state index is 0.232. The molecule has 12 N–H and O–H groups in total. The van der Waals surface area contributed by atoms with Gasteiger partial charge in [-0.1, -0.05) is 6.07 Å². The third kappa shape index (κ3) is 15.5. The molecule has 0 spiro atoms. The molecule has 1 aromatic carbocycles. The van der Waals surface area contributed by atoms with E-state index in [1.165, 1.54) is 11.1 Å². The molecule has 1 aliphatic carbocycles. The van der Waals surface area contributed by atoms with E-state index >= 15 is 0 Å². The number of piperidine rings is 1. The Balaban J connectivity index is 0.000000112. The van der Waals surface area contributed by atoms with Crippen molar-refractivity contribution in [2.75, 3.05) is 88.4 Å². The van der Waals surface area contributed by atoms with Gasteiger partial charge >= 0.3 is 0 Å². The zero-order valence-electron chi connectivity index (χ0n) is 61.4. The monoisotopic (exact) mass is 1470 g/mol. The van der Waals surface area contributed by atoms with Crippen molar-refractivity contribution in [3.05, 3.63) is 208 Å². The number of hydrogen-bond acceptors (Lipinski definition) is 26. The van der Waals surface area contributed by atoms with Crippen molar-refractivity contribution >= 4 is 86.1 Å². The van der Waals surface area contributed by atoms with Crippen molar-refractivity contribution < 1.29 is 0 Å². The summed E-state index contributed by atoms with van der Waals surface area (Å²) >= 11 is 0. The maximum atomic E-state index is 5.99. The van der Waals surface area contributed by atoms with Gasteiger partial charge < -0.3 is 58.9 Å². The molecular formula is C76H84N34. The Morgan fingerprint density at radius 1 is 0.427 bits per heavy atom. The fourth-order valence-electron chi connectivity index (χ4n) is 13.9. The van der Waals surface area contributed by atoms with Crippen LogP contribution in [0.1, 0.15) is 30.4 Å². The number of nitrogens with one attached hydrogen (secondary N) is 6. The number of aromatic nitrogens is 23. The fraction of sp³-hybridized carbons (Fsp3) is 0.250. The Morgan fingerprint density at radius 2 is 0.845 bits per heavy atom. The second-order valence-corrected chi connectivity index (χ2v) is 27.2. The van der Waals surface area contributed by atoms with E-state index in [1.807, 2.05) is 201 Å². The topological polar surface area (TPSA) is 387 Å². The van der Waals surface area contributed by atoms with Gasteiger partial charge in [-0.15, -0.1) is 0 Å². The summed E-state index contributed by atoms with van der Waals surface area (Å²) in [6.45, 7) is 5.10. The first kappa shape index (κ1) is 70.6. The van der Waals surface area contributed by atoms with Gasteiger partial charge in [-0.05, 0) is 98.8 Å². The van der Waals surface area contributed by atoms with Crippen LogP contribution in [0.5, 0.6) is 0 Å². The molecule has 558 valence electrons. The fourth-order valence-corrected chi connectivity index (χ4v) is 13.9. The number of anilines is 11. The van der Waals surface area contributed by atoms with E-state index < -0.39 is 0 Å². The van der Waals surface area contributed by atoms with E-state index in [0.29, 0.717) is 42.6 Å². The number of aryl methyl sites for hydroxylation is 4. The average molecular weight is 1470 g/mol. The number of nitrogens with zero attached hydrogens (tertiary/aromatic N) is 25. The lowest BCUT2D eigenvalue weighted by atomic mass is 10.1. The van der Waals surface area contributed by atoms with Gasteiger partial charge in [0.15, 0.2) is 45.9 Å². The van der Waals surface area contributed by atoms with Gasteiger partial charge in [-0.25, -0.2) is 54.8 Å². The van der Waals surface area contributed by atoms with Crippen molar-refractivity contribution in [1.82, 2.24) is 117 Å². The molecule has 0 amide bonds. The van der Waals surface area contributed by atoms with Crippen LogP contribution in [0.4, 0.5) is 63.5 Å². The minimum Gasteiger partial charge on any atom is -0.399 e. The second-order valence-electron chi connectivity index (χ2n) is 27.2. The van der Waals surface area contributed by atoms with Gasteiger partial charge in [-0.2, -0.15) is 20.4 Å². The van der Waals surface area contributed by atoms with Crippen LogP contribution in [-0.2, 0) is 41.0 Å². The molecule has 15 aromatic heterocycles. The molecule has 17 heterocycles. The molecule has 0 saturated carbocycles. The van der Waals surface area contributed by atoms with Crippen molar-refractivity contribution in [3.63, 3.8) is 0 Å². The summed E-state index contributed by atoms with van der Waals surface area (Å²) < 4.78 is 15.2. The zero-order chi connectivity index (χ0) is 75.2. The molecule has 2 atom stereocenters. The molecule has 1 unspecified atom stereocenters. The molecule has 0 bridgehead atoms. The maximum absolute atomic E-state index is 5.99. The first-order valence-corrected chi connectivity index (χ1v) is 36.2.